The normalized spacial score (nSPS) is 27.2. The van der Waals surface area contributed by atoms with E-state index in [4.69, 9.17) is 0 Å². The predicted octanol–water partition coefficient (Wildman–Crippen LogP) is 2.45. The lowest BCUT2D eigenvalue weighted by atomic mass is 9.69. The van der Waals surface area contributed by atoms with Crippen LogP contribution in [0.3, 0.4) is 0 Å². The smallest absolute Gasteiger partial charge is 0.222 e. The summed E-state index contributed by atoms with van der Waals surface area (Å²) in [5.74, 6) is -0.0234. The van der Waals surface area contributed by atoms with Crippen molar-refractivity contribution in [2.24, 2.45) is 5.41 Å². The molecule has 2 heterocycles. The summed E-state index contributed by atoms with van der Waals surface area (Å²) in [6, 6.07) is 6.77. The third kappa shape index (κ3) is 4.04. The maximum Gasteiger partial charge on any atom is 0.222 e. The number of benzene rings is 1. The van der Waals surface area contributed by atoms with Crippen LogP contribution in [-0.2, 0) is 11.2 Å². The van der Waals surface area contributed by atoms with Crippen molar-refractivity contribution in [3.8, 4) is 0 Å². The second-order valence-corrected chi connectivity index (χ2v) is 7.69. The second kappa shape index (κ2) is 7.83. The van der Waals surface area contributed by atoms with Gasteiger partial charge >= 0.3 is 0 Å². The average Bonchev–Trinajstić information content (AvgIpc) is 2.63. The lowest BCUT2D eigenvalue weighted by Crippen LogP contribution is -2.62. The number of halogens is 1. The molecular formula is C20H29FN2O2. The van der Waals surface area contributed by atoms with Crippen LogP contribution in [0.15, 0.2) is 24.3 Å². The zero-order chi connectivity index (χ0) is 17.9. The molecule has 0 radical (unpaired) electrons. The van der Waals surface area contributed by atoms with Gasteiger partial charge < -0.3 is 14.9 Å². The van der Waals surface area contributed by atoms with Crippen molar-refractivity contribution in [2.45, 2.75) is 44.6 Å². The highest BCUT2D eigenvalue weighted by molar-refractivity contribution is 5.76. The Bertz CT molecular complexity index is 592. The highest BCUT2D eigenvalue weighted by Crippen LogP contribution is 2.41. The Morgan fingerprint density at radius 2 is 2.04 bits per heavy atom. The Labute approximate surface area is 149 Å². The van der Waals surface area contributed by atoms with Crippen LogP contribution in [0.5, 0.6) is 0 Å². The van der Waals surface area contributed by atoms with Gasteiger partial charge in [0.2, 0.25) is 5.91 Å². The van der Waals surface area contributed by atoms with Crippen LogP contribution < -0.4 is 0 Å². The van der Waals surface area contributed by atoms with Crippen molar-refractivity contribution in [2.75, 3.05) is 33.3 Å². The molecule has 2 atom stereocenters. The molecule has 0 spiro atoms. The fourth-order valence-corrected chi connectivity index (χ4v) is 4.50. The third-order valence-corrected chi connectivity index (χ3v) is 6.13. The molecule has 1 amide bonds. The molecule has 2 fully saturated rings. The minimum absolute atomic E-state index is 0.0299. The molecule has 4 nitrogen and oxygen atoms in total. The maximum atomic E-state index is 12.9. The van der Waals surface area contributed by atoms with Crippen molar-refractivity contribution in [1.82, 2.24) is 9.80 Å². The maximum absolute atomic E-state index is 12.9. The minimum atomic E-state index is -0.225. The number of carbonyl (C=O) groups excluding carboxylic acids is 1. The van der Waals surface area contributed by atoms with Gasteiger partial charge in [0, 0.05) is 31.0 Å². The molecule has 3 rings (SSSR count). The summed E-state index contributed by atoms with van der Waals surface area (Å²) in [5, 5.41) is 9.95. The highest BCUT2D eigenvalue weighted by Gasteiger charge is 2.47. The first-order valence-corrected chi connectivity index (χ1v) is 9.37. The number of aliphatic hydroxyl groups is 1. The number of hydrogen-bond donors (Lipinski definition) is 1. The lowest BCUT2D eigenvalue weighted by Gasteiger charge is -2.53. The van der Waals surface area contributed by atoms with E-state index in [2.05, 4.69) is 11.9 Å². The van der Waals surface area contributed by atoms with Gasteiger partial charge in [0.25, 0.3) is 0 Å². The first-order valence-electron chi connectivity index (χ1n) is 9.37. The van der Waals surface area contributed by atoms with E-state index in [1.807, 2.05) is 4.90 Å². The van der Waals surface area contributed by atoms with Crippen LogP contribution >= 0.6 is 0 Å². The fraction of sp³-hybridized carbons (Fsp3) is 0.650. The number of carbonyl (C=O) groups is 1. The van der Waals surface area contributed by atoms with E-state index in [0.29, 0.717) is 6.42 Å². The molecule has 0 saturated carbocycles. The van der Waals surface area contributed by atoms with E-state index >= 15 is 0 Å². The lowest BCUT2D eigenvalue weighted by molar-refractivity contribution is -0.139. The molecular weight excluding hydrogens is 319 g/mol. The minimum Gasteiger partial charge on any atom is -0.396 e. The van der Waals surface area contributed by atoms with Gasteiger partial charge in [-0.1, -0.05) is 12.1 Å². The highest BCUT2D eigenvalue weighted by atomic mass is 19.1. The standard InChI is InChI=1S/C20H29FN2O2/c1-22-12-3-10-20(15-24)11-13-23(14-18(20)22)19(25)5-2-4-16-6-8-17(21)9-7-16/h6-9,18,24H,2-5,10-15H2,1H3/t18-,20-/m1/s1. The van der Waals surface area contributed by atoms with E-state index in [1.54, 1.807) is 12.1 Å². The van der Waals surface area contributed by atoms with Crippen LogP contribution in [0.1, 0.15) is 37.7 Å². The molecule has 0 aliphatic carbocycles. The SMILES string of the molecule is CN1CCC[C@]2(CO)CCN(C(=O)CCCc3ccc(F)cc3)C[C@@H]12. The topological polar surface area (TPSA) is 43.8 Å². The van der Waals surface area contributed by atoms with Crippen molar-refractivity contribution in [3.05, 3.63) is 35.6 Å². The zero-order valence-corrected chi connectivity index (χ0v) is 15.1. The van der Waals surface area contributed by atoms with Crippen molar-refractivity contribution >= 4 is 5.91 Å². The number of likely N-dealkylation sites (N-methyl/N-ethyl adjacent to an activating group) is 1. The van der Waals surface area contributed by atoms with Gasteiger partial charge in [0.1, 0.15) is 5.82 Å². The van der Waals surface area contributed by atoms with E-state index < -0.39 is 0 Å². The summed E-state index contributed by atoms with van der Waals surface area (Å²) in [4.78, 5) is 16.9. The molecule has 5 heteroatoms. The first-order chi connectivity index (χ1) is 12.0. The van der Waals surface area contributed by atoms with Gasteiger partial charge in [-0.25, -0.2) is 4.39 Å². The molecule has 0 unspecified atom stereocenters. The predicted molar refractivity (Wildman–Crippen MR) is 95.7 cm³/mol. The molecule has 2 saturated heterocycles. The molecule has 2 aliphatic heterocycles. The summed E-state index contributed by atoms with van der Waals surface area (Å²) >= 11 is 0. The summed E-state index contributed by atoms with van der Waals surface area (Å²) in [5.41, 5.74) is 1.04. The molecule has 1 aromatic rings. The van der Waals surface area contributed by atoms with Gasteiger partial charge in [0.05, 0.1) is 6.61 Å². The monoisotopic (exact) mass is 348 g/mol. The van der Waals surface area contributed by atoms with Crippen LogP contribution in [0.4, 0.5) is 4.39 Å². The number of rotatable bonds is 5. The summed E-state index contributed by atoms with van der Waals surface area (Å²) in [6.07, 6.45) is 5.18. The summed E-state index contributed by atoms with van der Waals surface area (Å²) in [6.45, 7) is 2.74. The number of hydrogen-bond acceptors (Lipinski definition) is 3. The molecule has 25 heavy (non-hydrogen) atoms. The number of amides is 1. The van der Waals surface area contributed by atoms with Crippen molar-refractivity contribution < 1.29 is 14.3 Å². The largest absolute Gasteiger partial charge is 0.396 e. The quantitative estimate of drug-likeness (QED) is 0.889. The van der Waals surface area contributed by atoms with E-state index in [1.165, 1.54) is 12.1 Å². The molecule has 2 aliphatic rings. The zero-order valence-electron chi connectivity index (χ0n) is 15.1. The van der Waals surface area contributed by atoms with Gasteiger partial charge in [-0.3, -0.25) is 4.79 Å². The van der Waals surface area contributed by atoms with E-state index in [0.717, 1.165) is 57.3 Å². The van der Waals surface area contributed by atoms with E-state index in [9.17, 15) is 14.3 Å². The van der Waals surface area contributed by atoms with Crippen LogP contribution in [0.25, 0.3) is 0 Å². The number of piperidine rings is 2. The van der Waals surface area contributed by atoms with Gasteiger partial charge in [0.15, 0.2) is 0 Å². The number of aryl methyl sites for hydroxylation is 1. The Balaban J connectivity index is 1.52. The Kier molecular flexibility index (Phi) is 5.74. The van der Waals surface area contributed by atoms with E-state index in [-0.39, 0.29) is 29.8 Å². The molecule has 0 aromatic heterocycles. The van der Waals surface area contributed by atoms with Gasteiger partial charge in [-0.2, -0.15) is 0 Å². The second-order valence-electron chi connectivity index (χ2n) is 7.69. The Hall–Kier alpha value is -1.46. The third-order valence-electron chi connectivity index (χ3n) is 6.13. The van der Waals surface area contributed by atoms with Crippen molar-refractivity contribution in [3.63, 3.8) is 0 Å². The van der Waals surface area contributed by atoms with Crippen LogP contribution in [0, 0.1) is 11.2 Å². The van der Waals surface area contributed by atoms with Gasteiger partial charge in [-0.05, 0) is 63.4 Å². The van der Waals surface area contributed by atoms with Gasteiger partial charge in [-0.15, -0.1) is 0 Å². The first kappa shape index (κ1) is 18.3. The Morgan fingerprint density at radius 3 is 2.76 bits per heavy atom. The number of fused-ring (bicyclic) bond motifs is 1. The molecule has 138 valence electrons. The van der Waals surface area contributed by atoms with Crippen LogP contribution in [-0.4, -0.2) is 60.1 Å². The number of aliphatic hydroxyl groups excluding tert-OH is 1. The fourth-order valence-electron chi connectivity index (χ4n) is 4.50. The van der Waals surface area contributed by atoms with Crippen LogP contribution in [0.2, 0.25) is 0 Å². The molecule has 0 bridgehead atoms. The summed E-state index contributed by atoms with van der Waals surface area (Å²) in [7, 11) is 2.11. The number of nitrogens with zero attached hydrogens (tertiary/aromatic N) is 2. The molecule has 1 aromatic carbocycles. The number of likely N-dealkylation sites (tertiary alicyclic amines) is 2. The Morgan fingerprint density at radius 1 is 1.28 bits per heavy atom. The van der Waals surface area contributed by atoms with Crippen molar-refractivity contribution in [1.29, 1.82) is 0 Å². The summed E-state index contributed by atoms with van der Waals surface area (Å²) < 4.78 is 12.9. The average molecular weight is 348 g/mol. The molecule has 1 N–H and O–H groups in total.